The monoisotopic (exact) mass is 444 g/mol. The summed E-state index contributed by atoms with van der Waals surface area (Å²) >= 11 is 0. The highest BCUT2D eigenvalue weighted by Crippen LogP contribution is 2.33. The van der Waals surface area contributed by atoms with E-state index in [2.05, 4.69) is 20.2 Å². The number of halogens is 3. The fourth-order valence-corrected chi connectivity index (χ4v) is 3.78. The van der Waals surface area contributed by atoms with E-state index in [0.29, 0.717) is 37.0 Å². The summed E-state index contributed by atoms with van der Waals surface area (Å²) in [7, 11) is 0. The van der Waals surface area contributed by atoms with Crippen LogP contribution in [0.15, 0.2) is 24.4 Å². The Labute approximate surface area is 180 Å². The van der Waals surface area contributed by atoms with Crippen LogP contribution in [-0.4, -0.2) is 37.5 Å². The van der Waals surface area contributed by atoms with Crippen LogP contribution in [0.25, 0.3) is 10.9 Å². The third-order valence-electron chi connectivity index (χ3n) is 5.66. The molecular weight excluding hydrogens is 425 g/mol. The molecule has 5 rings (SSSR count). The van der Waals surface area contributed by atoms with Gasteiger partial charge in [-0.3, -0.25) is 4.79 Å². The lowest BCUT2D eigenvalue weighted by atomic mass is 10.1. The third-order valence-corrected chi connectivity index (χ3v) is 5.66. The molecule has 1 amide bonds. The van der Waals surface area contributed by atoms with Gasteiger partial charge in [0.1, 0.15) is 11.5 Å². The molecule has 0 saturated heterocycles. The van der Waals surface area contributed by atoms with Crippen LogP contribution in [0.3, 0.4) is 0 Å². The zero-order chi connectivity index (χ0) is 22.5. The molecule has 8 nitrogen and oxygen atoms in total. The molecule has 1 fully saturated rings. The van der Waals surface area contributed by atoms with E-state index in [9.17, 15) is 18.0 Å². The van der Waals surface area contributed by atoms with Crippen molar-refractivity contribution >= 4 is 22.6 Å². The minimum absolute atomic E-state index is 0.0430. The molecule has 11 heteroatoms. The average Bonchev–Trinajstić information content (AvgIpc) is 3.43. The number of carbonyl (C=O) groups is 1. The highest BCUT2D eigenvalue weighted by atomic mass is 19.4. The van der Waals surface area contributed by atoms with Crippen LogP contribution in [-0.2, 0) is 30.7 Å². The number of amides is 1. The largest absolute Gasteiger partial charge is 0.435 e. The Morgan fingerprint density at radius 1 is 1.19 bits per heavy atom. The molecule has 0 unspecified atom stereocenters. The molecule has 0 radical (unpaired) electrons. The lowest BCUT2D eigenvalue weighted by Gasteiger charge is -2.22. The lowest BCUT2D eigenvalue weighted by Crippen LogP contribution is -2.33. The van der Waals surface area contributed by atoms with Crippen molar-refractivity contribution in [2.24, 2.45) is 5.92 Å². The van der Waals surface area contributed by atoms with Crippen LogP contribution in [0.4, 0.5) is 19.0 Å². The number of alkyl halides is 3. The number of hydrogen-bond acceptors (Lipinski definition) is 7. The summed E-state index contributed by atoms with van der Waals surface area (Å²) in [5.74, 6) is 0.424. The summed E-state index contributed by atoms with van der Waals surface area (Å²) < 4.78 is 43.8. The first-order valence-electron chi connectivity index (χ1n) is 10.1. The van der Waals surface area contributed by atoms with Gasteiger partial charge >= 0.3 is 6.18 Å². The zero-order valence-corrected chi connectivity index (χ0v) is 16.9. The highest BCUT2D eigenvalue weighted by Gasteiger charge is 2.33. The fraction of sp³-hybridized carbons (Fsp3) is 0.381. The second-order valence-corrected chi connectivity index (χ2v) is 8.07. The molecule has 1 aliphatic heterocycles. The predicted octanol–water partition coefficient (Wildman–Crippen LogP) is 3.10. The van der Waals surface area contributed by atoms with Gasteiger partial charge in [-0.05, 0) is 42.5 Å². The number of aromatic nitrogens is 4. The number of nitrogens with zero attached hydrogens (tertiary/aromatic N) is 5. The second kappa shape index (κ2) is 7.66. The van der Waals surface area contributed by atoms with E-state index in [1.54, 1.807) is 11.0 Å². The van der Waals surface area contributed by atoms with Crippen molar-refractivity contribution in [1.29, 1.82) is 0 Å². The van der Waals surface area contributed by atoms with Crippen LogP contribution in [0, 0.1) is 5.92 Å². The van der Waals surface area contributed by atoms with Crippen LogP contribution in [0.5, 0.6) is 0 Å². The quantitative estimate of drug-likeness (QED) is 0.644. The standard InChI is InChI=1S/C21H19F3N6O2/c22-21(23,24)18-4-3-12(28-29-18)8-30(7-11-1-2-11)20(31)16-5-13-14-9-32-10-15(14)19(25)27-17(13)6-26-16/h3-6,11H,1-2,7-10H2,(H2,25,27). The lowest BCUT2D eigenvalue weighted by molar-refractivity contribution is -0.141. The van der Waals surface area contributed by atoms with Crippen molar-refractivity contribution in [3.05, 3.63) is 52.6 Å². The Morgan fingerprint density at radius 2 is 1.97 bits per heavy atom. The number of carbonyl (C=O) groups excluding carboxylic acids is 1. The molecule has 3 aromatic heterocycles. The minimum Gasteiger partial charge on any atom is -0.383 e. The Kier molecular flexibility index (Phi) is 4.92. The number of pyridine rings is 2. The number of hydrogen-bond donors (Lipinski definition) is 1. The maximum Gasteiger partial charge on any atom is 0.435 e. The molecule has 1 aliphatic carbocycles. The zero-order valence-electron chi connectivity index (χ0n) is 16.9. The van der Waals surface area contributed by atoms with Gasteiger partial charge in [-0.25, -0.2) is 9.97 Å². The topological polar surface area (TPSA) is 107 Å². The van der Waals surface area contributed by atoms with Gasteiger partial charge in [-0.2, -0.15) is 18.3 Å². The summed E-state index contributed by atoms with van der Waals surface area (Å²) in [5.41, 5.74) is 7.70. The van der Waals surface area contributed by atoms with E-state index in [4.69, 9.17) is 10.5 Å². The van der Waals surface area contributed by atoms with Gasteiger partial charge in [0.15, 0.2) is 5.69 Å². The molecule has 1 saturated carbocycles. The van der Waals surface area contributed by atoms with Gasteiger partial charge in [0.05, 0.1) is 37.2 Å². The molecule has 0 atom stereocenters. The Hall–Kier alpha value is -3.34. The van der Waals surface area contributed by atoms with E-state index in [-0.39, 0.29) is 23.8 Å². The summed E-state index contributed by atoms with van der Waals surface area (Å²) in [4.78, 5) is 23.5. The Balaban J connectivity index is 1.44. The van der Waals surface area contributed by atoms with Gasteiger partial charge in [-0.1, -0.05) is 0 Å². The Morgan fingerprint density at radius 3 is 2.66 bits per heavy atom. The van der Waals surface area contributed by atoms with Crippen molar-refractivity contribution in [3.63, 3.8) is 0 Å². The van der Waals surface area contributed by atoms with E-state index >= 15 is 0 Å². The van der Waals surface area contributed by atoms with Crippen molar-refractivity contribution in [2.75, 3.05) is 12.3 Å². The van der Waals surface area contributed by atoms with Crippen molar-refractivity contribution in [2.45, 2.75) is 38.8 Å². The smallest absolute Gasteiger partial charge is 0.383 e. The number of anilines is 1. The van der Waals surface area contributed by atoms with Crippen molar-refractivity contribution in [3.8, 4) is 0 Å². The first kappa shape index (κ1) is 20.6. The first-order valence-corrected chi connectivity index (χ1v) is 10.1. The summed E-state index contributed by atoms with van der Waals surface area (Å²) in [6.45, 7) is 1.27. The van der Waals surface area contributed by atoms with Gasteiger partial charge in [-0.15, -0.1) is 5.10 Å². The van der Waals surface area contributed by atoms with E-state index in [1.165, 1.54) is 12.3 Å². The molecule has 2 aliphatic rings. The second-order valence-electron chi connectivity index (χ2n) is 8.07. The highest BCUT2D eigenvalue weighted by molar-refractivity contribution is 5.97. The van der Waals surface area contributed by atoms with Gasteiger partial charge in [0.2, 0.25) is 0 Å². The van der Waals surface area contributed by atoms with Crippen LogP contribution >= 0.6 is 0 Å². The molecule has 4 heterocycles. The maximum atomic E-state index is 13.3. The van der Waals surface area contributed by atoms with Crippen LogP contribution < -0.4 is 5.73 Å². The average molecular weight is 444 g/mol. The summed E-state index contributed by atoms with van der Waals surface area (Å²) in [5, 5.41) is 7.68. The number of ether oxygens (including phenoxy) is 1. The molecule has 0 aromatic carbocycles. The van der Waals surface area contributed by atoms with E-state index in [1.807, 2.05) is 0 Å². The van der Waals surface area contributed by atoms with Crippen molar-refractivity contribution in [1.82, 2.24) is 25.1 Å². The van der Waals surface area contributed by atoms with Gasteiger partial charge in [0.25, 0.3) is 5.91 Å². The Bertz CT molecular complexity index is 1190. The fourth-order valence-electron chi connectivity index (χ4n) is 3.78. The van der Waals surface area contributed by atoms with Gasteiger partial charge < -0.3 is 15.4 Å². The van der Waals surface area contributed by atoms with Crippen LogP contribution in [0.2, 0.25) is 0 Å². The SMILES string of the molecule is Nc1nc2cnc(C(=O)N(Cc3ccc(C(F)(F)F)nn3)CC3CC3)cc2c2c1COC2. The normalized spacial score (nSPS) is 15.7. The van der Waals surface area contributed by atoms with Crippen molar-refractivity contribution < 1.29 is 22.7 Å². The number of rotatable bonds is 5. The van der Waals surface area contributed by atoms with E-state index < -0.39 is 11.9 Å². The van der Waals surface area contributed by atoms with Crippen LogP contribution in [0.1, 0.15) is 45.8 Å². The van der Waals surface area contributed by atoms with Gasteiger partial charge in [0, 0.05) is 17.5 Å². The molecule has 0 spiro atoms. The molecule has 3 aromatic rings. The predicted molar refractivity (Wildman–Crippen MR) is 107 cm³/mol. The molecular formula is C21H19F3N6O2. The molecule has 32 heavy (non-hydrogen) atoms. The molecule has 0 bridgehead atoms. The molecule has 2 N–H and O–H groups in total. The molecule has 166 valence electrons. The number of nitrogens with two attached hydrogens (primary N) is 1. The number of nitrogen functional groups attached to an aromatic ring is 1. The van der Waals surface area contributed by atoms with E-state index in [0.717, 1.165) is 35.4 Å². The minimum atomic E-state index is -4.56. The first-order chi connectivity index (χ1) is 15.3. The third kappa shape index (κ3) is 3.95. The summed E-state index contributed by atoms with van der Waals surface area (Å²) in [6, 6.07) is 3.79. The number of fused-ring (bicyclic) bond motifs is 3. The summed E-state index contributed by atoms with van der Waals surface area (Å²) in [6.07, 6.45) is -1.06. The maximum absolute atomic E-state index is 13.3.